The fourth-order valence-corrected chi connectivity index (χ4v) is 6.30. The fourth-order valence-electron chi connectivity index (χ4n) is 6.30. The number of hydrogen-bond acceptors (Lipinski definition) is 5. The fraction of sp³-hybridized carbons (Fsp3) is 0.741. The average molecular weight is 490 g/mol. The van der Waals surface area contributed by atoms with E-state index in [0.717, 1.165) is 12.8 Å². The molecule has 8 nitrogen and oxygen atoms in total. The van der Waals surface area contributed by atoms with Crippen molar-refractivity contribution in [2.75, 3.05) is 32.8 Å². The second-order valence-electron chi connectivity index (χ2n) is 10.3. The Balaban J connectivity index is 1.99. The van der Waals surface area contributed by atoms with Crippen LogP contribution in [0.15, 0.2) is 25.3 Å². The molecule has 8 heteroatoms. The third-order valence-corrected chi connectivity index (χ3v) is 7.76. The SMILES string of the molecule is C=CCN(CCC)C(=O)[C@@H]1[C@H]2C(=O)N(CCCCCO)C(C(=O)N(CC=C)C(C)C)C23CC[C@H]1O3. The third-order valence-electron chi connectivity index (χ3n) is 7.76. The van der Waals surface area contributed by atoms with E-state index in [4.69, 9.17) is 4.74 Å². The zero-order valence-corrected chi connectivity index (χ0v) is 21.7. The largest absolute Gasteiger partial charge is 0.396 e. The maximum absolute atomic E-state index is 14.0. The maximum Gasteiger partial charge on any atom is 0.248 e. The van der Waals surface area contributed by atoms with Gasteiger partial charge in [0.05, 0.1) is 17.9 Å². The molecular formula is C27H43N3O5. The van der Waals surface area contributed by atoms with Crippen LogP contribution in [0, 0.1) is 11.8 Å². The normalized spacial score (nSPS) is 28.9. The first-order valence-corrected chi connectivity index (χ1v) is 13.2. The molecular weight excluding hydrogens is 446 g/mol. The summed E-state index contributed by atoms with van der Waals surface area (Å²) in [6.07, 6.45) is 7.23. The van der Waals surface area contributed by atoms with Gasteiger partial charge in [-0.15, -0.1) is 13.2 Å². The number of hydrogen-bond donors (Lipinski definition) is 1. The zero-order valence-electron chi connectivity index (χ0n) is 21.7. The van der Waals surface area contributed by atoms with Crippen LogP contribution in [0.2, 0.25) is 0 Å². The van der Waals surface area contributed by atoms with Gasteiger partial charge in [0.15, 0.2) is 0 Å². The molecule has 0 aliphatic carbocycles. The minimum atomic E-state index is -0.976. The number of nitrogens with zero attached hydrogens (tertiary/aromatic N) is 3. The quantitative estimate of drug-likeness (QED) is 0.299. The summed E-state index contributed by atoms with van der Waals surface area (Å²) in [4.78, 5) is 46.9. The van der Waals surface area contributed by atoms with E-state index in [1.807, 2.05) is 20.8 Å². The van der Waals surface area contributed by atoms with Crippen molar-refractivity contribution in [1.29, 1.82) is 0 Å². The highest BCUT2D eigenvalue weighted by Gasteiger charge is 2.74. The van der Waals surface area contributed by atoms with Crippen molar-refractivity contribution in [3.05, 3.63) is 25.3 Å². The maximum atomic E-state index is 14.0. The first-order chi connectivity index (χ1) is 16.8. The number of likely N-dealkylation sites (tertiary alicyclic amines) is 1. The molecule has 1 N–H and O–H groups in total. The van der Waals surface area contributed by atoms with Gasteiger partial charge in [0.1, 0.15) is 11.6 Å². The monoisotopic (exact) mass is 489 g/mol. The highest BCUT2D eigenvalue weighted by Crippen LogP contribution is 2.59. The van der Waals surface area contributed by atoms with Crippen LogP contribution in [0.3, 0.4) is 0 Å². The van der Waals surface area contributed by atoms with E-state index >= 15 is 0 Å². The molecule has 3 rings (SSSR count). The molecule has 2 bridgehead atoms. The van der Waals surface area contributed by atoms with Gasteiger partial charge in [0.25, 0.3) is 0 Å². The molecule has 5 atom stereocenters. The summed E-state index contributed by atoms with van der Waals surface area (Å²) in [5, 5.41) is 9.17. The van der Waals surface area contributed by atoms with E-state index in [9.17, 15) is 19.5 Å². The molecule has 3 aliphatic rings. The lowest BCUT2D eigenvalue weighted by molar-refractivity contribution is -0.149. The summed E-state index contributed by atoms with van der Waals surface area (Å²) >= 11 is 0. The Labute approximate surface area is 210 Å². The molecule has 35 heavy (non-hydrogen) atoms. The summed E-state index contributed by atoms with van der Waals surface area (Å²) in [6, 6.07) is -0.815. The lowest BCUT2D eigenvalue weighted by atomic mass is 9.70. The lowest BCUT2D eigenvalue weighted by Gasteiger charge is -2.38. The van der Waals surface area contributed by atoms with Crippen LogP contribution in [0.25, 0.3) is 0 Å². The van der Waals surface area contributed by atoms with Crippen LogP contribution in [0.4, 0.5) is 0 Å². The van der Waals surface area contributed by atoms with Crippen LogP contribution >= 0.6 is 0 Å². The number of amides is 3. The number of ether oxygens (including phenoxy) is 1. The van der Waals surface area contributed by atoms with Gasteiger partial charge < -0.3 is 24.5 Å². The van der Waals surface area contributed by atoms with Gasteiger partial charge in [-0.05, 0) is 52.4 Å². The van der Waals surface area contributed by atoms with Crippen molar-refractivity contribution in [2.24, 2.45) is 11.8 Å². The van der Waals surface area contributed by atoms with E-state index in [-0.39, 0.29) is 36.5 Å². The average Bonchev–Trinajstić information content (AvgIpc) is 3.46. The molecule has 196 valence electrons. The van der Waals surface area contributed by atoms with Gasteiger partial charge in [0, 0.05) is 38.8 Å². The molecule has 3 fully saturated rings. The van der Waals surface area contributed by atoms with Crippen molar-refractivity contribution in [3.8, 4) is 0 Å². The van der Waals surface area contributed by atoms with Crippen LogP contribution < -0.4 is 0 Å². The number of carbonyl (C=O) groups excluding carboxylic acids is 3. The summed E-state index contributed by atoms with van der Waals surface area (Å²) < 4.78 is 6.54. The number of carbonyl (C=O) groups is 3. The molecule has 2 unspecified atom stereocenters. The van der Waals surface area contributed by atoms with Crippen LogP contribution in [0.5, 0.6) is 0 Å². The Morgan fingerprint density at radius 2 is 1.91 bits per heavy atom. The summed E-state index contributed by atoms with van der Waals surface area (Å²) in [5.41, 5.74) is -0.976. The zero-order chi connectivity index (χ0) is 25.8. The number of aliphatic hydroxyl groups excluding tert-OH is 1. The Morgan fingerprint density at radius 3 is 2.51 bits per heavy atom. The Hall–Kier alpha value is -2.19. The number of fused-ring (bicyclic) bond motifs is 1. The highest BCUT2D eigenvalue weighted by molar-refractivity contribution is 5.99. The second-order valence-corrected chi connectivity index (χ2v) is 10.3. The third kappa shape index (κ3) is 4.92. The topological polar surface area (TPSA) is 90.4 Å². The van der Waals surface area contributed by atoms with Gasteiger partial charge >= 0.3 is 0 Å². The van der Waals surface area contributed by atoms with Gasteiger partial charge in [0.2, 0.25) is 17.7 Å². The lowest BCUT2D eigenvalue weighted by Crippen LogP contribution is -2.57. The summed E-state index contributed by atoms with van der Waals surface area (Å²) in [7, 11) is 0. The van der Waals surface area contributed by atoms with Crippen LogP contribution in [-0.2, 0) is 19.1 Å². The summed E-state index contributed by atoms with van der Waals surface area (Å²) in [6.45, 7) is 15.4. The van der Waals surface area contributed by atoms with E-state index in [0.29, 0.717) is 51.9 Å². The molecule has 0 radical (unpaired) electrons. The molecule has 1 spiro atoms. The van der Waals surface area contributed by atoms with Gasteiger partial charge in [-0.3, -0.25) is 14.4 Å². The second kappa shape index (κ2) is 11.7. The van der Waals surface area contributed by atoms with Crippen molar-refractivity contribution in [3.63, 3.8) is 0 Å². The minimum Gasteiger partial charge on any atom is -0.396 e. The predicted octanol–water partition coefficient (Wildman–Crippen LogP) is 2.37. The van der Waals surface area contributed by atoms with Gasteiger partial charge in [-0.1, -0.05) is 19.1 Å². The number of rotatable bonds is 14. The molecule has 3 heterocycles. The minimum absolute atomic E-state index is 0.0639. The standard InChI is InChI=1S/C27H43N3O5/c1-6-14-28(15-7-2)24(32)21-20-12-13-27(35-20)22(21)25(33)30(17-10-9-11-18-31)23(27)26(34)29(16-8-3)19(4)5/h6,8,19-23,31H,1,3,7,9-18H2,2,4-5H3/t20-,21+,22+,23?,27?/m1/s1. The molecule has 3 aliphatic heterocycles. The van der Waals surface area contributed by atoms with E-state index < -0.39 is 23.5 Å². The first kappa shape index (κ1) is 27.4. The summed E-state index contributed by atoms with van der Waals surface area (Å²) in [5.74, 6) is -1.58. The smallest absolute Gasteiger partial charge is 0.248 e. The molecule has 0 saturated carbocycles. The van der Waals surface area contributed by atoms with Gasteiger partial charge in [-0.25, -0.2) is 0 Å². The van der Waals surface area contributed by atoms with Crippen molar-refractivity contribution < 1.29 is 24.2 Å². The molecule has 0 aromatic rings. The Morgan fingerprint density at radius 1 is 1.20 bits per heavy atom. The van der Waals surface area contributed by atoms with Crippen molar-refractivity contribution in [1.82, 2.24) is 14.7 Å². The number of unbranched alkanes of at least 4 members (excludes halogenated alkanes) is 2. The molecule has 0 aromatic carbocycles. The van der Waals surface area contributed by atoms with E-state index in [1.54, 1.807) is 26.9 Å². The highest BCUT2D eigenvalue weighted by atomic mass is 16.5. The van der Waals surface area contributed by atoms with Crippen molar-refractivity contribution in [2.45, 2.75) is 83.1 Å². The Kier molecular flexibility index (Phi) is 9.16. The van der Waals surface area contributed by atoms with Crippen LogP contribution in [0.1, 0.15) is 59.3 Å². The molecule has 3 amide bonds. The number of aliphatic hydroxyl groups is 1. The Bertz CT molecular complexity index is 815. The first-order valence-electron chi connectivity index (χ1n) is 13.2. The van der Waals surface area contributed by atoms with E-state index in [1.165, 1.54) is 0 Å². The molecule has 3 saturated heterocycles. The van der Waals surface area contributed by atoms with E-state index in [2.05, 4.69) is 13.2 Å². The van der Waals surface area contributed by atoms with Crippen molar-refractivity contribution >= 4 is 17.7 Å². The molecule has 0 aromatic heterocycles. The van der Waals surface area contributed by atoms with Crippen LogP contribution in [-0.4, -0.2) is 94.1 Å². The predicted molar refractivity (Wildman–Crippen MR) is 134 cm³/mol. The van der Waals surface area contributed by atoms with Gasteiger partial charge in [-0.2, -0.15) is 0 Å².